The van der Waals surface area contributed by atoms with Gasteiger partial charge in [0.25, 0.3) is 5.22 Å². The summed E-state index contributed by atoms with van der Waals surface area (Å²) in [6.07, 6.45) is 0. The van der Waals surface area contributed by atoms with Crippen LogP contribution in [0, 0.1) is 0 Å². The van der Waals surface area contributed by atoms with E-state index in [9.17, 15) is 4.79 Å². The highest BCUT2D eigenvalue weighted by Crippen LogP contribution is 2.22. The number of anilines is 1. The molecular formula is C17H17N3O2S. The minimum Gasteiger partial charge on any atom is -0.416 e. The Balaban J connectivity index is 1.59. The van der Waals surface area contributed by atoms with E-state index in [2.05, 4.69) is 15.5 Å². The summed E-state index contributed by atoms with van der Waals surface area (Å²) in [5.74, 6) is 0.896. The Morgan fingerprint density at radius 1 is 1.17 bits per heavy atom. The highest BCUT2D eigenvalue weighted by Gasteiger charge is 2.12. The topological polar surface area (TPSA) is 68.0 Å². The number of nitrogens with one attached hydrogen (secondary N) is 1. The molecule has 1 amide bonds. The van der Waals surface area contributed by atoms with Gasteiger partial charge in [-0.1, -0.05) is 55.9 Å². The molecule has 0 saturated heterocycles. The van der Waals surface area contributed by atoms with Gasteiger partial charge in [0, 0.05) is 11.6 Å². The zero-order valence-corrected chi connectivity index (χ0v) is 13.8. The lowest BCUT2D eigenvalue weighted by atomic mass is 10.1. The summed E-state index contributed by atoms with van der Waals surface area (Å²) in [5.41, 5.74) is 0.780. The zero-order valence-electron chi connectivity index (χ0n) is 12.9. The first-order valence-corrected chi connectivity index (χ1v) is 8.35. The molecule has 0 aliphatic carbocycles. The molecule has 1 aromatic heterocycles. The number of hydrogen-bond acceptors (Lipinski definition) is 5. The van der Waals surface area contributed by atoms with Gasteiger partial charge in [-0.2, -0.15) is 0 Å². The third-order valence-corrected chi connectivity index (χ3v) is 4.09. The average molecular weight is 327 g/mol. The SMILES string of the molecule is CC(C)c1nnc(SCC(=O)Nc2ccc3ccccc3c2)o1. The summed E-state index contributed by atoms with van der Waals surface area (Å²) in [6.45, 7) is 3.96. The molecule has 6 heteroatoms. The molecule has 0 spiro atoms. The van der Waals surface area contributed by atoms with Crippen molar-refractivity contribution in [3.63, 3.8) is 0 Å². The molecule has 3 aromatic rings. The van der Waals surface area contributed by atoms with E-state index in [0.717, 1.165) is 16.5 Å². The maximum atomic E-state index is 12.0. The molecule has 118 valence electrons. The summed E-state index contributed by atoms with van der Waals surface area (Å²) >= 11 is 1.24. The number of aromatic nitrogens is 2. The summed E-state index contributed by atoms with van der Waals surface area (Å²) in [5, 5.41) is 13.4. The molecule has 5 nitrogen and oxygen atoms in total. The molecule has 0 aliphatic rings. The number of carbonyl (C=O) groups excluding carboxylic acids is 1. The third kappa shape index (κ3) is 3.90. The molecule has 1 N–H and O–H groups in total. The van der Waals surface area contributed by atoms with E-state index in [1.165, 1.54) is 11.8 Å². The van der Waals surface area contributed by atoms with E-state index < -0.39 is 0 Å². The Kier molecular flexibility index (Phi) is 4.62. The summed E-state index contributed by atoms with van der Waals surface area (Å²) in [6, 6.07) is 13.9. The Bertz CT molecular complexity index is 829. The van der Waals surface area contributed by atoms with Gasteiger partial charge in [0.2, 0.25) is 11.8 Å². The van der Waals surface area contributed by atoms with E-state index in [4.69, 9.17) is 4.42 Å². The predicted octanol–water partition coefficient (Wildman–Crippen LogP) is 4.08. The fourth-order valence-electron chi connectivity index (χ4n) is 2.10. The minimum atomic E-state index is -0.102. The van der Waals surface area contributed by atoms with Gasteiger partial charge in [0.15, 0.2) is 0 Å². The quantitative estimate of drug-likeness (QED) is 0.715. The predicted molar refractivity (Wildman–Crippen MR) is 91.7 cm³/mol. The molecule has 0 unspecified atom stereocenters. The molecule has 2 aromatic carbocycles. The van der Waals surface area contributed by atoms with E-state index in [1.54, 1.807) is 0 Å². The smallest absolute Gasteiger partial charge is 0.277 e. The average Bonchev–Trinajstić information content (AvgIpc) is 3.02. The van der Waals surface area contributed by atoms with Crippen molar-refractivity contribution >= 4 is 34.1 Å². The van der Waals surface area contributed by atoms with Crippen molar-refractivity contribution in [1.29, 1.82) is 0 Å². The molecule has 3 rings (SSSR count). The van der Waals surface area contributed by atoms with Crippen molar-refractivity contribution in [2.24, 2.45) is 0 Å². The van der Waals surface area contributed by atoms with Crippen LogP contribution in [0.4, 0.5) is 5.69 Å². The number of carbonyl (C=O) groups is 1. The van der Waals surface area contributed by atoms with Crippen LogP contribution in [0.1, 0.15) is 25.7 Å². The highest BCUT2D eigenvalue weighted by molar-refractivity contribution is 7.99. The molecule has 0 saturated carbocycles. The van der Waals surface area contributed by atoms with Crippen molar-refractivity contribution in [1.82, 2.24) is 10.2 Å². The van der Waals surface area contributed by atoms with Crippen LogP contribution >= 0.6 is 11.8 Å². The van der Waals surface area contributed by atoms with Crippen molar-refractivity contribution < 1.29 is 9.21 Å². The van der Waals surface area contributed by atoms with Crippen molar-refractivity contribution in [2.45, 2.75) is 25.0 Å². The Morgan fingerprint density at radius 3 is 2.70 bits per heavy atom. The van der Waals surface area contributed by atoms with Gasteiger partial charge >= 0.3 is 0 Å². The van der Waals surface area contributed by atoms with Gasteiger partial charge < -0.3 is 9.73 Å². The van der Waals surface area contributed by atoms with Crippen molar-refractivity contribution in [2.75, 3.05) is 11.1 Å². The first-order valence-electron chi connectivity index (χ1n) is 7.36. The van der Waals surface area contributed by atoms with Gasteiger partial charge in [-0.05, 0) is 22.9 Å². The first kappa shape index (κ1) is 15.6. The Morgan fingerprint density at radius 2 is 1.96 bits per heavy atom. The van der Waals surface area contributed by atoms with Gasteiger partial charge in [-0.25, -0.2) is 0 Å². The second kappa shape index (κ2) is 6.83. The minimum absolute atomic E-state index is 0.102. The second-order valence-corrected chi connectivity index (χ2v) is 6.39. The fraction of sp³-hybridized carbons (Fsp3) is 0.235. The number of nitrogens with zero attached hydrogens (tertiary/aromatic N) is 2. The number of benzene rings is 2. The lowest BCUT2D eigenvalue weighted by Gasteiger charge is -2.05. The Hall–Kier alpha value is -2.34. The van der Waals surface area contributed by atoms with Crippen LogP contribution in [0.5, 0.6) is 0 Å². The van der Waals surface area contributed by atoms with Crippen molar-refractivity contribution in [3.8, 4) is 0 Å². The normalized spacial score (nSPS) is 11.1. The molecule has 0 aliphatic heterocycles. The molecular weight excluding hydrogens is 310 g/mol. The number of thioether (sulfide) groups is 1. The van der Waals surface area contributed by atoms with E-state index in [0.29, 0.717) is 11.1 Å². The fourth-order valence-corrected chi connectivity index (χ4v) is 2.67. The van der Waals surface area contributed by atoms with E-state index in [1.807, 2.05) is 56.3 Å². The molecule has 0 atom stereocenters. The number of fused-ring (bicyclic) bond motifs is 1. The van der Waals surface area contributed by atoms with Crippen LogP contribution in [-0.2, 0) is 4.79 Å². The molecule has 0 fully saturated rings. The second-order valence-electron chi connectivity index (χ2n) is 5.46. The van der Waals surface area contributed by atoms with Crippen LogP contribution in [0.3, 0.4) is 0 Å². The van der Waals surface area contributed by atoms with Gasteiger partial charge in [0.1, 0.15) is 0 Å². The maximum absolute atomic E-state index is 12.0. The zero-order chi connectivity index (χ0) is 16.2. The van der Waals surface area contributed by atoms with Gasteiger partial charge in [-0.15, -0.1) is 10.2 Å². The largest absolute Gasteiger partial charge is 0.416 e. The lowest BCUT2D eigenvalue weighted by Crippen LogP contribution is -2.13. The van der Waals surface area contributed by atoms with E-state index >= 15 is 0 Å². The molecule has 0 bridgehead atoms. The standard InChI is InChI=1S/C17H17N3O2S/c1-11(2)16-19-20-17(22-16)23-10-15(21)18-14-8-7-12-5-3-4-6-13(12)9-14/h3-9,11H,10H2,1-2H3,(H,18,21). The van der Waals surface area contributed by atoms with Gasteiger partial charge in [-0.3, -0.25) is 4.79 Å². The van der Waals surface area contributed by atoms with Crippen molar-refractivity contribution in [3.05, 3.63) is 48.4 Å². The maximum Gasteiger partial charge on any atom is 0.277 e. The number of amides is 1. The molecule has 23 heavy (non-hydrogen) atoms. The Labute approximate surface area is 138 Å². The van der Waals surface area contributed by atoms with E-state index in [-0.39, 0.29) is 17.6 Å². The highest BCUT2D eigenvalue weighted by atomic mass is 32.2. The number of rotatable bonds is 5. The van der Waals surface area contributed by atoms with Gasteiger partial charge in [0.05, 0.1) is 5.75 Å². The molecule has 1 heterocycles. The summed E-state index contributed by atoms with van der Waals surface area (Å²) < 4.78 is 5.46. The van der Waals surface area contributed by atoms with Crippen LogP contribution in [0.25, 0.3) is 10.8 Å². The first-order chi connectivity index (χ1) is 11.1. The van der Waals surface area contributed by atoms with Crippen LogP contribution < -0.4 is 5.32 Å². The number of hydrogen-bond donors (Lipinski definition) is 1. The lowest BCUT2D eigenvalue weighted by molar-refractivity contribution is -0.113. The molecule has 0 radical (unpaired) electrons. The van der Waals surface area contributed by atoms with Crippen LogP contribution in [-0.4, -0.2) is 21.9 Å². The summed E-state index contributed by atoms with van der Waals surface area (Å²) in [7, 11) is 0. The summed E-state index contributed by atoms with van der Waals surface area (Å²) in [4.78, 5) is 12.0. The third-order valence-electron chi connectivity index (χ3n) is 3.28. The van der Waals surface area contributed by atoms with Crippen LogP contribution in [0.15, 0.2) is 52.1 Å². The monoisotopic (exact) mass is 327 g/mol. The van der Waals surface area contributed by atoms with Crippen LogP contribution in [0.2, 0.25) is 0 Å².